The Bertz CT molecular complexity index is 870. The van der Waals surface area contributed by atoms with Crippen LogP contribution in [0.25, 0.3) is 0 Å². The lowest BCUT2D eigenvalue weighted by Crippen LogP contribution is -2.40. The van der Waals surface area contributed by atoms with Crippen molar-refractivity contribution in [1.82, 2.24) is 10.2 Å². The Kier molecular flexibility index (Phi) is 4.78. The van der Waals surface area contributed by atoms with E-state index in [9.17, 15) is 9.59 Å². The first-order chi connectivity index (χ1) is 12.4. The maximum atomic E-state index is 13.0. The second-order valence-electron chi connectivity index (χ2n) is 6.11. The number of imide groups is 1. The third kappa shape index (κ3) is 2.97. The van der Waals surface area contributed by atoms with Crippen molar-refractivity contribution >= 4 is 23.5 Å². The van der Waals surface area contributed by atoms with Gasteiger partial charge in [0.05, 0.1) is 20.8 Å². The van der Waals surface area contributed by atoms with E-state index in [2.05, 4.69) is 5.32 Å². The van der Waals surface area contributed by atoms with Crippen LogP contribution in [0.2, 0.25) is 5.02 Å². The molecule has 26 heavy (non-hydrogen) atoms. The Morgan fingerprint density at radius 2 is 1.77 bits per heavy atom. The highest BCUT2D eigenvalue weighted by molar-refractivity contribution is 6.31. The van der Waals surface area contributed by atoms with E-state index < -0.39 is 11.6 Å². The third-order valence-electron chi connectivity index (χ3n) is 4.52. The number of carbonyl (C=O) groups excluding carboxylic acids is 2. The lowest BCUT2D eigenvalue weighted by molar-refractivity contribution is -0.131. The molecule has 1 N–H and O–H groups in total. The monoisotopic (exact) mass is 374 g/mol. The molecule has 0 aromatic heterocycles. The van der Waals surface area contributed by atoms with Crippen LogP contribution >= 0.6 is 11.6 Å². The fourth-order valence-corrected chi connectivity index (χ4v) is 3.18. The van der Waals surface area contributed by atoms with Crippen LogP contribution in [-0.2, 0) is 16.9 Å². The summed E-state index contributed by atoms with van der Waals surface area (Å²) in [5, 5.41) is 3.28. The number of ether oxygens (including phenoxy) is 2. The van der Waals surface area contributed by atoms with Gasteiger partial charge in [-0.25, -0.2) is 4.79 Å². The predicted molar refractivity (Wildman–Crippen MR) is 97.4 cm³/mol. The number of hydrogen-bond donors (Lipinski definition) is 1. The Hall–Kier alpha value is -2.73. The average Bonchev–Trinajstić information content (AvgIpc) is 2.86. The van der Waals surface area contributed by atoms with Crippen LogP contribution in [0.15, 0.2) is 42.5 Å². The van der Waals surface area contributed by atoms with Crippen molar-refractivity contribution < 1.29 is 19.1 Å². The summed E-state index contributed by atoms with van der Waals surface area (Å²) in [6.07, 6.45) is 0. The highest BCUT2D eigenvalue weighted by Gasteiger charge is 2.49. The predicted octanol–water partition coefficient (Wildman–Crippen LogP) is 3.32. The third-order valence-corrected chi connectivity index (χ3v) is 4.89. The SMILES string of the molecule is COc1ccc([C@]2(C)NC(=O)N(Cc3ccccc3Cl)C2=O)cc1OC. The summed E-state index contributed by atoms with van der Waals surface area (Å²) < 4.78 is 10.5. The molecule has 2 aromatic carbocycles. The number of urea groups is 1. The fraction of sp³-hybridized carbons (Fsp3) is 0.263. The molecule has 0 spiro atoms. The van der Waals surface area contributed by atoms with Gasteiger partial charge in [-0.05, 0) is 36.2 Å². The number of nitrogens with zero attached hydrogens (tertiary/aromatic N) is 1. The Morgan fingerprint density at radius 3 is 2.42 bits per heavy atom. The lowest BCUT2D eigenvalue weighted by Gasteiger charge is -2.23. The summed E-state index contributed by atoms with van der Waals surface area (Å²) in [5.41, 5.74) is 0.113. The Morgan fingerprint density at radius 1 is 1.08 bits per heavy atom. The normalized spacial score (nSPS) is 19.5. The van der Waals surface area contributed by atoms with Gasteiger partial charge < -0.3 is 14.8 Å². The van der Waals surface area contributed by atoms with Gasteiger partial charge in [-0.3, -0.25) is 9.69 Å². The molecule has 1 heterocycles. The summed E-state index contributed by atoms with van der Waals surface area (Å²) >= 11 is 6.16. The van der Waals surface area contributed by atoms with Crippen molar-refractivity contribution in [2.24, 2.45) is 0 Å². The van der Waals surface area contributed by atoms with Gasteiger partial charge in [0.2, 0.25) is 0 Å². The van der Waals surface area contributed by atoms with Gasteiger partial charge in [-0.15, -0.1) is 0 Å². The van der Waals surface area contributed by atoms with Crippen molar-refractivity contribution in [3.8, 4) is 11.5 Å². The number of carbonyl (C=O) groups is 2. The molecule has 0 unspecified atom stereocenters. The van der Waals surface area contributed by atoms with Crippen LogP contribution in [0.4, 0.5) is 4.79 Å². The molecule has 136 valence electrons. The first-order valence-electron chi connectivity index (χ1n) is 8.00. The van der Waals surface area contributed by atoms with Gasteiger partial charge in [-0.1, -0.05) is 35.9 Å². The number of amides is 3. The zero-order chi connectivity index (χ0) is 18.9. The van der Waals surface area contributed by atoms with E-state index >= 15 is 0 Å². The molecule has 7 heteroatoms. The zero-order valence-electron chi connectivity index (χ0n) is 14.7. The number of hydrogen-bond acceptors (Lipinski definition) is 4. The zero-order valence-corrected chi connectivity index (χ0v) is 15.5. The molecule has 1 fully saturated rings. The quantitative estimate of drug-likeness (QED) is 0.815. The van der Waals surface area contributed by atoms with E-state index in [0.717, 1.165) is 4.90 Å². The van der Waals surface area contributed by atoms with E-state index in [1.165, 1.54) is 14.2 Å². The second kappa shape index (κ2) is 6.88. The van der Waals surface area contributed by atoms with E-state index in [-0.39, 0.29) is 12.5 Å². The number of rotatable bonds is 5. The van der Waals surface area contributed by atoms with E-state index in [4.69, 9.17) is 21.1 Å². The number of nitrogens with one attached hydrogen (secondary N) is 1. The van der Waals surface area contributed by atoms with Crippen molar-refractivity contribution in [2.75, 3.05) is 14.2 Å². The molecule has 3 amide bonds. The minimum Gasteiger partial charge on any atom is -0.493 e. The molecule has 1 atom stereocenters. The maximum Gasteiger partial charge on any atom is 0.325 e. The summed E-state index contributed by atoms with van der Waals surface area (Å²) in [5.74, 6) is 0.678. The Labute approximate surface area is 156 Å². The van der Waals surface area contributed by atoms with Crippen LogP contribution < -0.4 is 14.8 Å². The first-order valence-corrected chi connectivity index (χ1v) is 8.38. The van der Waals surface area contributed by atoms with Crippen molar-refractivity contribution in [2.45, 2.75) is 19.0 Å². The minimum atomic E-state index is -1.20. The van der Waals surface area contributed by atoms with Gasteiger partial charge in [-0.2, -0.15) is 0 Å². The highest BCUT2D eigenvalue weighted by Crippen LogP contribution is 2.36. The van der Waals surface area contributed by atoms with Crippen LogP contribution in [0.5, 0.6) is 11.5 Å². The molecule has 1 aliphatic heterocycles. The molecule has 0 saturated carbocycles. The number of halogens is 1. The Balaban J connectivity index is 1.93. The second-order valence-corrected chi connectivity index (χ2v) is 6.51. The summed E-state index contributed by atoms with van der Waals surface area (Å²) in [6, 6.07) is 11.8. The molecule has 0 bridgehead atoms. The maximum absolute atomic E-state index is 13.0. The van der Waals surface area contributed by atoms with Crippen LogP contribution in [0.3, 0.4) is 0 Å². The van der Waals surface area contributed by atoms with E-state index in [1.54, 1.807) is 43.3 Å². The van der Waals surface area contributed by atoms with Gasteiger partial charge >= 0.3 is 6.03 Å². The first kappa shape index (κ1) is 18.1. The van der Waals surface area contributed by atoms with Gasteiger partial charge in [0, 0.05) is 5.02 Å². The summed E-state index contributed by atoms with van der Waals surface area (Å²) in [7, 11) is 3.05. The molecule has 6 nitrogen and oxygen atoms in total. The standard InChI is InChI=1S/C19H19ClN2O4/c1-19(13-8-9-15(25-2)16(10-13)26-3)17(23)22(18(24)21-19)11-12-6-4-5-7-14(12)20/h4-10H,11H2,1-3H3,(H,21,24)/t19-/m0/s1. The molecular weight excluding hydrogens is 356 g/mol. The highest BCUT2D eigenvalue weighted by atomic mass is 35.5. The largest absolute Gasteiger partial charge is 0.493 e. The van der Waals surface area contributed by atoms with Crippen LogP contribution in [0.1, 0.15) is 18.1 Å². The number of benzene rings is 2. The van der Waals surface area contributed by atoms with Crippen LogP contribution in [0, 0.1) is 0 Å². The summed E-state index contributed by atoms with van der Waals surface area (Å²) in [6.45, 7) is 1.77. The van der Waals surface area contributed by atoms with Gasteiger partial charge in [0.1, 0.15) is 5.54 Å². The van der Waals surface area contributed by atoms with E-state index in [1.807, 2.05) is 6.07 Å². The van der Waals surface area contributed by atoms with Gasteiger partial charge in [0.15, 0.2) is 11.5 Å². The molecule has 0 radical (unpaired) electrons. The molecular formula is C19H19ClN2O4. The molecule has 3 rings (SSSR count). The van der Waals surface area contributed by atoms with Crippen molar-refractivity contribution in [1.29, 1.82) is 0 Å². The smallest absolute Gasteiger partial charge is 0.325 e. The fourth-order valence-electron chi connectivity index (χ4n) is 2.98. The van der Waals surface area contributed by atoms with E-state index in [0.29, 0.717) is 27.6 Å². The lowest BCUT2D eigenvalue weighted by atomic mass is 9.91. The average molecular weight is 375 g/mol. The molecule has 0 aliphatic carbocycles. The minimum absolute atomic E-state index is 0.104. The van der Waals surface area contributed by atoms with Crippen molar-refractivity contribution in [3.63, 3.8) is 0 Å². The van der Waals surface area contributed by atoms with Gasteiger partial charge in [0.25, 0.3) is 5.91 Å². The van der Waals surface area contributed by atoms with Crippen LogP contribution in [-0.4, -0.2) is 31.1 Å². The molecule has 1 saturated heterocycles. The summed E-state index contributed by atoms with van der Waals surface area (Å²) in [4.78, 5) is 26.7. The van der Waals surface area contributed by atoms with Crippen molar-refractivity contribution in [3.05, 3.63) is 58.6 Å². The molecule has 2 aromatic rings. The molecule has 1 aliphatic rings. The number of methoxy groups -OCH3 is 2. The topological polar surface area (TPSA) is 67.9 Å².